The molecule has 1 aliphatic rings. The minimum absolute atomic E-state index is 0.213. The fraction of sp³-hybridized carbons (Fsp3) is 0. The Labute approximate surface area is 158 Å². The van der Waals surface area contributed by atoms with Crippen LogP contribution in [0.4, 0.5) is 11.4 Å². The van der Waals surface area contributed by atoms with Gasteiger partial charge in [0.2, 0.25) is 5.91 Å². The van der Waals surface area contributed by atoms with E-state index in [4.69, 9.17) is 5.73 Å². The Kier molecular flexibility index (Phi) is 4.76. The third kappa shape index (κ3) is 3.78. The van der Waals surface area contributed by atoms with E-state index in [-0.39, 0.29) is 5.91 Å². The molecule has 3 aromatic rings. The number of amides is 1. The van der Waals surface area contributed by atoms with E-state index < -0.39 is 0 Å². The van der Waals surface area contributed by atoms with E-state index in [1.54, 1.807) is 18.7 Å². The highest BCUT2D eigenvalue weighted by molar-refractivity contribution is 6.10. The lowest BCUT2D eigenvalue weighted by molar-refractivity contribution is -0.114. The number of pyridine rings is 1. The molecular formula is C23H16N3O. The Hall–Kier alpha value is -3.32. The maximum atomic E-state index is 12.8. The van der Waals surface area contributed by atoms with Crippen LogP contribution < -0.4 is 11.1 Å². The van der Waals surface area contributed by atoms with Crippen molar-refractivity contribution >= 4 is 28.2 Å². The fourth-order valence-electron chi connectivity index (χ4n) is 2.88. The maximum absolute atomic E-state index is 12.8. The van der Waals surface area contributed by atoms with Crippen molar-refractivity contribution in [2.24, 2.45) is 0 Å². The quantitative estimate of drug-likeness (QED) is 0.548. The average Bonchev–Trinajstić information content (AvgIpc) is 3.15. The number of benzene rings is 2. The maximum Gasteiger partial charge on any atom is 0.233 e. The van der Waals surface area contributed by atoms with E-state index in [9.17, 15) is 4.79 Å². The Morgan fingerprint density at radius 2 is 1.85 bits per heavy atom. The second-order valence-corrected chi connectivity index (χ2v) is 6.06. The molecule has 4 heteroatoms. The van der Waals surface area contributed by atoms with Gasteiger partial charge in [-0.15, -0.1) is 0 Å². The molecule has 0 atom stereocenters. The molecule has 0 aliphatic heterocycles. The Bertz CT molecular complexity index is 1040. The molecule has 4 rings (SSSR count). The highest BCUT2D eigenvalue weighted by Gasteiger charge is 2.34. The summed E-state index contributed by atoms with van der Waals surface area (Å²) in [5.41, 5.74) is 8.68. The SMILES string of the molecule is Nc1cccc(C#C[C]2[CH][CH][CH][C]2C(=O)Nc2cccc3cccnc23)c1. The molecule has 4 nitrogen and oxygen atoms in total. The third-order valence-corrected chi connectivity index (χ3v) is 4.17. The number of nitrogens with zero attached hydrogens (tertiary/aromatic N) is 1. The lowest BCUT2D eigenvalue weighted by atomic mass is 9.95. The van der Waals surface area contributed by atoms with Gasteiger partial charge in [0.05, 0.1) is 23.0 Å². The number of carbonyl (C=O) groups is 1. The second-order valence-electron chi connectivity index (χ2n) is 6.06. The Balaban J connectivity index is 1.53. The number of para-hydroxylation sites is 1. The first-order valence-electron chi connectivity index (χ1n) is 8.49. The second kappa shape index (κ2) is 7.51. The first-order valence-corrected chi connectivity index (χ1v) is 8.49. The van der Waals surface area contributed by atoms with Crippen LogP contribution in [0.3, 0.4) is 0 Å². The molecule has 2 aromatic carbocycles. The predicted molar refractivity (Wildman–Crippen MR) is 107 cm³/mol. The van der Waals surface area contributed by atoms with Crippen molar-refractivity contribution in [1.82, 2.24) is 4.98 Å². The monoisotopic (exact) mass is 350 g/mol. The third-order valence-electron chi connectivity index (χ3n) is 4.17. The van der Waals surface area contributed by atoms with Gasteiger partial charge in [0, 0.05) is 22.8 Å². The summed E-state index contributed by atoms with van der Waals surface area (Å²) in [6.07, 6.45) is 7.12. The van der Waals surface area contributed by atoms with Crippen LogP contribution in [0, 0.1) is 42.9 Å². The van der Waals surface area contributed by atoms with Crippen molar-refractivity contribution in [3.8, 4) is 11.8 Å². The van der Waals surface area contributed by atoms with Gasteiger partial charge in [-0.05, 0) is 49.6 Å². The smallest absolute Gasteiger partial charge is 0.233 e. The van der Waals surface area contributed by atoms with Crippen molar-refractivity contribution in [1.29, 1.82) is 0 Å². The van der Waals surface area contributed by atoms with Gasteiger partial charge in [0.25, 0.3) is 0 Å². The molecule has 1 saturated carbocycles. The average molecular weight is 350 g/mol. The summed E-state index contributed by atoms with van der Waals surface area (Å²) in [5.74, 6) is 7.10. The summed E-state index contributed by atoms with van der Waals surface area (Å²) < 4.78 is 0. The molecule has 0 unspecified atom stereocenters. The zero-order valence-electron chi connectivity index (χ0n) is 14.4. The standard InChI is InChI=1S/C23H16N3O/c24-19-9-1-5-16(15-19)12-13-17-6-2-10-20(17)23(27)26-21-11-3-7-18-8-4-14-25-22(18)21/h1-11,14-15H,24H2,(H,26,27). The van der Waals surface area contributed by atoms with Crippen LogP contribution in [-0.4, -0.2) is 10.9 Å². The molecule has 0 spiro atoms. The van der Waals surface area contributed by atoms with Gasteiger partial charge in [0.1, 0.15) is 0 Å². The van der Waals surface area contributed by atoms with Crippen LogP contribution in [0.2, 0.25) is 0 Å². The minimum Gasteiger partial charge on any atom is -0.399 e. The zero-order chi connectivity index (χ0) is 18.6. The topological polar surface area (TPSA) is 68.0 Å². The number of aromatic nitrogens is 1. The summed E-state index contributed by atoms with van der Waals surface area (Å²) in [7, 11) is 0. The fourth-order valence-corrected chi connectivity index (χ4v) is 2.88. The minimum atomic E-state index is -0.213. The van der Waals surface area contributed by atoms with Gasteiger partial charge >= 0.3 is 0 Å². The van der Waals surface area contributed by atoms with Gasteiger partial charge in [0.15, 0.2) is 0 Å². The van der Waals surface area contributed by atoms with Gasteiger partial charge in [-0.3, -0.25) is 9.78 Å². The van der Waals surface area contributed by atoms with Crippen LogP contribution in [-0.2, 0) is 4.79 Å². The summed E-state index contributed by atoms with van der Waals surface area (Å²) in [6.45, 7) is 0. The molecule has 1 aromatic heterocycles. The molecule has 1 aliphatic carbocycles. The molecule has 27 heavy (non-hydrogen) atoms. The van der Waals surface area contributed by atoms with E-state index >= 15 is 0 Å². The molecule has 1 amide bonds. The van der Waals surface area contributed by atoms with E-state index in [0.29, 0.717) is 23.2 Å². The van der Waals surface area contributed by atoms with E-state index in [1.807, 2.05) is 61.4 Å². The number of rotatable bonds is 2. The molecule has 1 fully saturated rings. The van der Waals surface area contributed by atoms with Crippen LogP contribution in [0.25, 0.3) is 10.9 Å². The largest absolute Gasteiger partial charge is 0.399 e. The zero-order valence-corrected chi connectivity index (χ0v) is 14.4. The molecule has 129 valence electrons. The van der Waals surface area contributed by atoms with Crippen molar-refractivity contribution in [3.05, 3.63) is 97.5 Å². The summed E-state index contributed by atoms with van der Waals surface area (Å²) in [6, 6.07) is 16.9. The van der Waals surface area contributed by atoms with Crippen LogP contribution >= 0.6 is 0 Å². The van der Waals surface area contributed by atoms with Gasteiger partial charge in [-0.25, -0.2) is 0 Å². The summed E-state index contributed by atoms with van der Waals surface area (Å²) >= 11 is 0. The number of carbonyl (C=O) groups excluding carboxylic acids is 1. The highest BCUT2D eigenvalue weighted by Crippen LogP contribution is 2.34. The van der Waals surface area contributed by atoms with Gasteiger partial charge < -0.3 is 11.1 Å². The summed E-state index contributed by atoms with van der Waals surface area (Å²) in [5, 5.41) is 3.92. The number of hydrogen-bond acceptors (Lipinski definition) is 3. The summed E-state index contributed by atoms with van der Waals surface area (Å²) in [4.78, 5) is 17.1. The highest BCUT2D eigenvalue weighted by atomic mass is 16.1. The Morgan fingerprint density at radius 1 is 1.00 bits per heavy atom. The van der Waals surface area contributed by atoms with Crippen LogP contribution in [0.5, 0.6) is 0 Å². The molecule has 0 bridgehead atoms. The van der Waals surface area contributed by atoms with Crippen LogP contribution in [0.15, 0.2) is 60.8 Å². The van der Waals surface area contributed by atoms with E-state index in [0.717, 1.165) is 16.5 Å². The van der Waals surface area contributed by atoms with E-state index in [2.05, 4.69) is 22.1 Å². The van der Waals surface area contributed by atoms with Crippen molar-refractivity contribution in [2.45, 2.75) is 0 Å². The van der Waals surface area contributed by atoms with Gasteiger partial charge in [-0.2, -0.15) is 0 Å². The first kappa shape index (κ1) is 17.1. The predicted octanol–water partition coefficient (Wildman–Crippen LogP) is 3.58. The van der Waals surface area contributed by atoms with Crippen molar-refractivity contribution < 1.29 is 4.79 Å². The number of nitrogens with one attached hydrogen (secondary N) is 1. The number of nitrogen functional groups attached to an aromatic ring is 1. The number of hydrogen-bond donors (Lipinski definition) is 2. The molecule has 1 heterocycles. The van der Waals surface area contributed by atoms with Gasteiger partial charge in [-0.1, -0.05) is 36.1 Å². The lowest BCUT2D eigenvalue weighted by Crippen LogP contribution is -2.23. The molecular weight excluding hydrogens is 334 g/mol. The lowest BCUT2D eigenvalue weighted by Gasteiger charge is -2.14. The number of nitrogens with two attached hydrogens (primary N) is 1. The van der Waals surface area contributed by atoms with Crippen molar-refractivity contribution in [2.75, 3.05) is 11.1 Å². The van der Waals surface area contributed by atoms with E-state index in [1.165, 1.54) is 0 Å². The van der Waals surface area contributed by atoms with Crippen molar-refractivity contribution in [3.63, 3.8) is 0 Å². The Morgan fingerprint density at radius 3 is 2.74 bits per heavy atom. The molecule has 3 N–H and O–H groups in total. The number of anilines is 2. The molecule has 0 saturated heterocycles. The first-order chi connectivity index (χ1) is 13.2. The van der Waals surface area contributed by atoms with Crippen LogP contribution in [0.1, 0.15) is 5.56 Å². The number of fused-ring (bicyclic) bond motifs is 1. The normalized spacial score (nSPS) is 14.7. The molecule has 5 radical (unpaired) electrons.